The number of hydrogen-bond donors (Lipinski definition) is 1. The Bertz CT molecular complexity index is 1620. The lowest BCUT2D eigenvalue weighted by molar-refractivity contribution is -0.124. The highest BCUT2D eigenvalue weighted by Gasteiger charge is 2.45. The van der Waals surface area contributed by atoms with Gasteiger partial charge in [-0.2, -0.15) is 5.26 Å². The molecule has 3 aromatic carbocycles. The molecule has 1 saturated heterocycles. The molecule has 234 valence electrons. The van der Waals surface area contributed by atoms with E-state index in [0.717, 1.165) is 11.1 Å². The molecular weight excluding hydrogens is 611 g/mol. The van der Waals surface area contributed by atoms with Crippen molar-refractivity contribution in [3.63, 3.8) is 0 Å². The lowest BCUT2D eigenvalue weighted by Gasteiger charge is -2.39. The number of nitrogens with zero attached hydrogens (tertiary/aromatic N) is 5. The van der Waals surface area contributed by atoms with Crippen molar-refractivity contribution in [1.29, 1.82) is 5.26 Å². The number of amidine groups is 1. The first-order valence-electron chi connectivity index (χ1n) is 14.8. The van der Waals surface area contributed by atoms with Crippen molar-refractivity contribution >= 4 is 41.0 Å². The number of rotatable bonds is 6. The van der Waals surface area contributed by atoms with Crippen LogP contribution in [0.25, 0.3) is 0 Å². The molecule has 2 aliphatic heterocycles. The second-order valence-electron chi connectivity index (χ2n) is 12.2. The number of ether oxygens (including phenoxy) is 1. The molecule has 3 aromatic rings. The van der Waals surface area contributed by atoms with Crippen molar-refractivity contribution < 1.29 is 14.3 Å². The Kier molecular flexibility index (Phi) is 9.68. The zero-order valence-corrected chi connectivity index (χ0v) is 27.3. The minimum atomic E-state index is -0.512. The zero-order chi connectivity index (χ0) is 32.3. The monoisotopic (exact) mass is 646 g/mol. The van der Waals surface area contributed by atoms with Gasteiger partial charge in [0.15, 0.2) is 0 Å². The molecule has 2 aliphatic rings. The molecule has 11 heteroatoms. The minimum Gasteiger partial charge on any atom is -0.496 e. The number of nitriles is 1. The number of piperazine rings is 1. The van der Waals surface area contributed by atoms with Gasteiger partial charge in [0, 0.05) is 41.8 Å². The number of amides is 3. The van der Waals surface area contributed by atoms with E-state index in [2.05, 4.69) is 16.3 Å². The summed E-state index contributed by atoms with van der Waals surface area (Å²) < 4.78 is 5.71. The van der Waals surface area contributed by atoms with E-state index in [4.69, 9.17) is 32.9 Å². The van der Waals surface area contributed by atoms with E-state index in [1.54, 1.807) is 40.1 Å². The Hall–Kier alpha value is -4.10. The highest BCUT2D eigenvalue weighted by Crippen LogP contribution is 2.45. The third-order valence-electron chi connectivity index (χ3n) is 7.79. The average Bonchev–Trinajstić information content (AvgIpc) is 3.40. The molecule has 1 fully saturated rings. The van der Waals surface area contributed by atoms with E-state index in [1.165, 1.54) is 7.11 Å². The average molecular weight is 648 g/mol. The summed E-state index contributed by atoms with van der Waals surface area (Å²) >= 11 is 12.5. The molecule has 9 nitrogen and oxygen atoms in total. The van der Waals surface area contributed by atoms with Crippen LogP contribution in [0.4, 0.5) is 4.79 Å². The molecule has 3 amide bonds. The molecule has 2 atom stereocenters. The van der Waals surface area contributed by atoms with Crippen LogP contribution in [0.2, 0.25) is 10.0 Å². The first-order chi connectivity index (χ1) is 21.5. The summed E-state index contributed by atoms with van der Waals surface area (Å²) in [6, 6.07) is 21.0. The van der Waals surface area contributed by atoms with Crippen molar-refractivity contribution in [3.05, 3.63) is 99.0 Å². The number of carbonyl (C=O) groups is 2. The smallest absolute Gasteiger partial charge is 0.326 e. The van der Waals surface area contributed by atoms with Crippen molar-refractivity contribution in [1.82, 2.24) is 20.0 Å². The number of benzene rings is 3. The molecule has 2 heterocycles. The quantitative estimate of drug-likeness (QED) is 0.350. The van der Waals surface area contributed by atoms with Gasteiger partial charge in [-0.05, 0) is 74.4 Å². The van der Waals surface area contributed by atoms with Crippen LogP contribution >= 0.6 is 23.2 Å². The van der Waals surface area contributed by atoms with Crippen molar-refractivity contribution in [2.45, 2.75) is 38.4 Å². The van der Waals surface area contributed by atoms with E-state index >= 15 is 0 Å². The first kappa shape index (κ1) is 32.3. The van der Waals surface area contributed by atoms with Gasteiger partial charge in [-0.25, -0.2) is 4.79 Å². The predicted octanol–water partition coefficient (Wildman–Crippen LogP) is 6.07. The highest BCUT2D eigenvalue weighted by molar-refractivity contribution is 6.30. The molecule has 0 spiro atoms. The Balaban J connectivity index is 1.53. The minimum absolute atomic E-state index is 0.0437. The van der Waals surface area contributed by atoms with Gasteiger partial charge in [0.05, 0.1) is 36.9 Å². The van der Waals surface area contributed by atoms with E-state index in [0.29, 0.717) is 58.9 Å². The van der Waals surface area contributed by atoms with E-state index in [1.807, 2.05) is 57.2 Å². The fourth-order valence-electron chi connectivity index (χ4n) is 5.71. The topological polar surface area (TPSA) is 101 Å². The Labute approximate surface area is 274 Å². The van der Waals surface area contributed by atoms with Gasteiger partial charge >= 0.3 is 6.03 Å². The molecule has 0 unspecified atom stereocenters. The summed E-state index contributed by atoms with van der Waals surface area (Å²) in [6.45, 7) is 8.11. The highest BCUT2D eigenvalue weighted by atomic mass is 35.5. The summed E-state index contributed by atoms with van der Waals surface area (Å²) in [6.07, 6.45) is 0. The summed E-state index contributed by atoms with van der Waals surface area (Å²) in [5, 5.41) is 13.7. The predicted molar refractivity (Wildman–Crippen MR) is 176 cm³/mol. The maximum Gasteiger partial charge on any atom is 0.326 e. The van der Waals surface area contributed by atoms with Crippen LogP contribution < -0.4 is 10.1 Å². The Morgan fingerprint density at radius 1 is 0.956 bits per heavy atom. The lowest BCUT2D eigenvalue weighted by Crippen LogP contribution is -2.56. The fraction of sp³-hybridized carbons (Fsp3) is 0.353. The standard InChI is InChI=1S/C34H36Cl2N6O3/c1-34(2,3)39-29(43)21-40-15-17-41(18-16-40)33(44)42-31(24-8-12-26(36)13-9-24)30(23-6-10-25(35)11-7-23)38-32(42)27-14-5-22(20-37)19-28(27)45-4/h5-14,19,30-31H,15-18,21H2,1-4H3,(H,39,43)/t30-,31+/m0/s1. The van der Waals surface area contributed by atoms with Gasteiger partial charge in [-0.3, -0.25) is 19.6 Å². The second-order valence-corrected chi connectivity index (χ2v) is 13.1. The number of hydrogen-bond acceptors (Lipinski definition) is 6. The molecule has 0 aromatic heterocycles. The SMILES string of the molecule is COc1cc(C#N)ccc1C1=N[C@@H](c2ccc(Cl)cc2)[C@@H](c2ccc(Cl)cc2)N1C(=O)N1CCN(CC(=O)NC(C)(C)C)CC1. The second kappa shape index (κ2) is 13.5. The normalized spacial score (nSPS) is 18.7. The molecule has 0 saturated carbocycles. The molecular formula is C34H36Cl2N6O3. The maximum absolute atomic E-state index is 14.6. The van der Waals surface area contributed by atoms with Crippen molar-refractivity contribution in [2.75, 3.05) is 39.8 Å². The van der Waals surface area contributed by atoms with Crippen LogP contribution in [-0.2, 0) is 4.79 Å². The van der Waals surface area contributed by atoms with Gasteiger partial charge < -0.3 is 15.0 Å². The van der Waals surface area contributed by atoms with Gasteiger partial charge in [0.25, 0.3) is 0 Å². The molecule has 45 heavy (non-hydrogen) atoms. The summed E-state index contributed by atoms with van der Waals surface area (Å²) in [5.74, 6) is 0.831. The van der Waals surface area contributed by atoms with E-state index in [-0.39, 0.29) is 24.0 Å². The van der Waals surface area contributed by atoms with Gasteiger partial charge in [0.2, 0.25) is 5.91 Å². The van der Waals surface area contributed by atoms with Crippen LogP contribution in [-0.4, -0.2) is 77.8 Å². The third-order valence-corrected chi connectivity index (χ3v) is 8.30. The van der Waals surface area contributed by atoms with Gasteiger partial charge in [-0.1, -0.05) is 47.5 Å². The van der Waals surface area contributed by atoms with Crippen LogP contribution in [0.15, 0.2) is 71.7 Å². The van der Waals surface area contributed by atoms with Crippen LogP contribution in [0, 0.1) is 11.3 Å². The van der Waals surface area contributed by atoms with Crippen molar-refractivity contribution in [2.24, 2.45) is 4.99 Å². The summed E-state index contributed by atoms with van der Waals surface area (Å²) in [5.41, 5.74) is 2.45. The summed E-state index contributed by atoms with van der Waals surface area (Å²) in [4.78, 5) is 38.0. The van der Waals surface area contributed by atoms with Crippen LogP contribution in [0.1, 0.15) is 55.1 Å². The number of aliphatic imine (C=N–C) groups is 1. The van der Waals surface area contributed by atoms with Gasteiger partial charge in [-0.15, -0.1) is 0 Å². The number of urea groups is 1. The lowest BCUT2D eigenvalue weighted by atomic mass is 9.93. The number of halogens is 2. The molecule has 5 rings (SSSR count). The Morgan fingerprint density at radius 3 is 2.11 bits per heavy atom. The summed E-state index contributed by atoms with van der Waals surface area (Å²) in [7, 11) is 1.53. The van der Waals surface area contributed by atoms with E-state index < -0.39 is 12.1 Å². The maximum atomic E-state index is 14.6. The zero-order valence-electron chi connectivity index (χ0n) is 25.8. The van der Waals surface area contributed by atoms with Crippen LogP contribution in [0.5, 0.6) is 5.75 Å². The third kappa shape index (κ3) is 7.42. The number of carbonyl (C=O) groups excluding carboxylic acids is 2. The fourth-order valence-corrected chi connectivity index (χ4v) is 5.96. The largest absolute Gasteiger partial charge is 0.496 e. The molecule has 0 bridgehead atoms. The number of methoxy groups -OCH3 is 1. The first-order valence-corrected chi connectivity index (χ1v) is 15.5. The Morgan fingerprint density at radius 2 is 1.56 bits per heavy atom. The van der Waals surface area contributed by atoms with Gasteiger partial charge in [0.1, 0.15) is 17.6 Å². The molecule has 0 radical (unpaired) electrons. The van der Waals surface area contributed by atoms with Crippen molar-refractivity contribution in [3.8, 4) is 11.8 Å². The molecule has 1 N–H and O–H groups in total. The van der Waals surface area contributed by atoms with Crippen LogP contribution in [0.3, 0.4) is 0 Å². The number of nitrogens with one attached hydrogen (secondary N) is 1. The van der Waals surface area contributed by atoms with E-state index in [9.17, 15) is 14.9 Å². The molecule has 0 aliphatic carbocycles.